The van der Waals surface area contributed by atoms with Crippen LogP contribution in [0.15, 0.2) is 24.3 Å². The van der Waals surface area contributed by atoms with Gasteiger partial charge in [-0.3, -0.25) is 4.79 Å². The molecule has 106 valence electrons. The monoisotopic (exact) mass is 283 g/mol. The molecule has 0 aliphatic heterocycles. The molecule has 0 heterocycles. The van der Waals surface area contributed by atoms with E-state index in [9.17, 15) is 4.79 Å². The Hall–Kier alpha value is -1.22. The van der Waals surface area contributed by atoms with Crippen molar-refractivity contribution in [2.45, 2.75) is 32.1 Å². The van der Waals surface area contributed by atoms with Crippen LogP contribution in [0.25, 0.3) is 0 Å². The normalized spacial score (nSPS) is 12.3. The van der Waals surface area contributed by atoms with Crippen LogP contribution in [0, 0.1) is 5.92 Å². The van der Waals surface area contributed by atoms with Crippen molar-refractivity contribution in [3.63, 3.8) is 0 Å². The van der Waals surface area contributed by atoms with Crippen LogP contribution in [-0.2, 0) is 11.2 Å². The lowest BCUT2D eigenvalue weighted by Gasteiger charge is -2.13. The standard InChI is InChI=1S/C15H22ClNO2/c1-11(2)7-13(16)10-17-15(18)9-12-5-4-6-14(8-12)19-3/h4-6,8,11,13H,7,9-10H2,1-3H3,(H,17,18). The topological polar surface area (TPSA) is 38.3 Å². The molecule has 1 unspecified atom stereocenters. The third-order valence-electron chi connectivity index (χ3n) is 2.75. The lowest BCUT2D eigenvalue weighted by atomic mass is 10.1. The minimum absolute atomic E-state index is 0.00532. The Balaban J connectivity index is 2.38. The number of hydrogen-bond acceptors (Lipinski definition) is 2. The summed E-state index contributed by atoms with van der Waals surface area (Å²) in [6.45, 7) is 4.75. The molecule has 1 aromatic rings. The first-order valence-electron chi connectivity index (χ1n) is 6.55. The van der Waals surface area contributed by atoms with Gasteiger partial charge in [0.25, 0.3) is 0 Å². The highest BCUT2D eigenvalue weighted by Gasteiger charge is 2.10. The summed E-state index contributed by atoms with van der Waals surface area (Å²) < 4.78 is 5.13. The molecule has 3 nitrogen and oxygen atoms in total. The molecule has 19 heavy (non-hydrogen) atoms. The average molecular weight is 284 g/mol. The molecular formula is C15H22ClNO2. The second-order valence-corrected chi connectivity index (χ2v) is 5.68. The van der Waals surface area contributed by atoms with Crippen LogP contribution in [0.3, 0.4) is 0 Å². The SMILES string of the molecule is COc1cccc(CC(=O)NCC(Cl)CC(C)C)c1. The molecule has 1 atom stereocenters. The van der Waals surface area contributed by atoms with E-state index in [1.54, 1.807) is 7.11 Å². The highest BCUT2D eigenvalue weighted by atomic mass is 35.5. The van der Waals surface area contributed by atoms with Crippen molar-refractivity contribution >= 4 is 17.5 Å². The van der Waals surface area contributed by atoms with E-state index in [1.807, 2.05) is 24.3 Å². The molecule has 0 aromatic heterocycles. The van der Waals surface area contributed by atoms with Gasteiger partial charge in [-0.1, -0.05) is 26.0 Å². The highest BCUT2D eigenvalue weighted by Crippen LogP contribution is 2.13. The van der Waals surface area contributed by atoms with Gasteiger partial charge in [-0.25, -0.2) is 0 Å². The van der Waals surface area contributed by atoms with Crippen LogP contribution in [0.2, 0.25) is 0 Å². The molecule has 0 radical (unpaired) electrons. The molecule has 1 N–H and O–H groups in total. The van der Waals surface area contributed by atoms with E-state index >= 15 is 0 Å². The zero-order valence-electron chi connectivity index (χ0n) is 11.8. The number of benzene rings is 1. The Bertz CT molecular complexity index is 407. The van der Waals surface area contributed by atoms with Crippen LogP contribution in [0.4, 0.5) is 0 Å². The minimum atomic E-state index is -0.0114. The van der Waals surface area contributed by atoms with Crippen molar-refractivity contribution in [3.8, 4) is 5.75 Å². The summed E-state index contributed by atoms with van der Waals surface area (Å²) >= 11 is 6.14. The Morgan fingerprint density at radius 2 is 2.16 bits per heavy atom. The number of hydrogen-bond donors (Lipinski definition) is 1. The minimum Gasteiger partial charge on any atom is -0.497 e. The molecule has 1 amide bonds. The summed E-state index contributed by atoms with van der Waals surface area (Å²) in [6.07, 6.45) is 1.25. The molecule has 0 fully saturated rings. The highest BCUT2D eigenvalue weighted by molar-refractivity contribution is 6.20. The smallest absolute Gasteiger partial charge is 0.224 e. The number of rotatable bonds is 7. The van der Waals surface area contributed by atoms with Gasteiger partial charge < -0.3 is 10.1 Å². The van der Waals surface area contributed by atoms with Crippen LogP contribution in [0.1, 0.15) is 25.8 Å². The van der Waals surface area contributed by atoms with E-state index < -0.39 is 0 Å². The number of amides is 1. The first-order valence-corrected chi connectivity index (χ1v) is 6.98. The average Bonchev–Trinajstić information content (AvgIpc) is 2.36. The number of halogens is 1. The summed E-state index contributed by atoms with van der Waals surface area (Å²) in [6, 6.07) is 7.52. The van der Waals surface area contributed by atoms with Crippen molar-refractivity contribution in [2.24, 2.45) is 5.92 Å². The fourth-order valence-corrected chi connectivity index (χ4v) is 2.28. The number of nitrogens with one attached hydrogen (secondary N) is 1. The van der Waals surface area contributed by atoms with Crippen LogP contribution in [-0.4, -0.2) is 24.9 Å². The van der Waals surface area contributed by atoms with E-state index in [-0.39, 0.29) is 11.3 Å². The fraction of sp³-hybridized carbons (Fsp3) is 0.533. The quantitative estimate of drug-likeness (QED) is 0.781. The second-order valence-electron chi connectivity index (χ2n) is 5.06. The van der Waals surface area contributed by atoms with Gasteiger partial charge in [0.1, 0.15) is 5.75 Å². The maximum absolute atomic E-state index is 11.8. The van der Waals surface area contributed by atoms with Crippen LogP contribution in [0.5, 0.6) is 5.75 Å². The molecule has 0 aliphatic carbocycles. The molecule has 0 spiro atoms. The summed E-state index contributed by atoms with van der Waals surface area (Å²) in [7, 11) is 1.61. The van der Waals surface area contributed by atoms with Crippen molar-refractivity contribution < 1.29 is 9.53 Å². The lowest BCUT2D eigenvalue weighted by molar-refractivity contribution is -0.120. The summed E-state index contributed by atoms with van der Waals surface area (Å²) in [5.74, 6) is 1.29. The van der Waals surface area contributed by atoms with Crippen LogP contribution >= 0.6 is 11.6 Å². The zero-order valence-corrected chi connectivity index (χ0v) is 12.5. The number of carbonyl (C=O) groups excluding carboxylic acids is 1. The molecule has 4 heteroatoms. The van der Waals surface area contributed by atoms with E-state index in [4.69, 9.17) is 16.3 Å². The Kier molecular flexibility index (Phi) is 6.71. The van der Waals surface area contributed by atoms with Crippen molar-refractivity contribution in [2.75, 3.05) is 13.7 Å². The van der Waals surface area contributed by atoms with Gasteiger partial charge >= 0.3 is 0 Å². The number of carbonyl (C=O) groups is 1. The van der Waals surface area contributed by atoms with Crippen molar-refractivity contribution in [1.29, 1.82) is 0 Å². The van der Waals surface area contributed by atoms with Gasteiger partial charge in [0.2, 0.25) is 5.91 Å². The summed E-state index contributed by atoms with van der Waals surface area (Å²) in [4.78, 5) is 11.8. The predicted octanol–water partition coefficient (Wildman–Crippen LogP) is 3.01. The van der Waals surface area contributed by atoms with Gasteiger partial charge in [0, 0.05) is 6.54 Å². The maximum Gasteiger partial charge on any atom is 0.224 e. The maximum atomic E-state index is 11.8. The Morgan fingerprint density at radius 1 is 1.42 bits per heavy atom. The number of alkyl halides is 1. The molecule has 1 aromatic carbocycles. The molecule has 0 saturated heterocycles. The Labute approximate surface area is 120 Å². The van der Waals surface area contributed by atoms with E-state index in [1.165, 1.54) is 0 Å². The van der Waals surface area contributed by atoms with Gasteiger partial charge in [-0.2, -0.15) is 0 Å². The van der Waals surface area contributed by atoms with Gasteiger partial charge in [-0.15, -0.1) is 11.6 Å². The van der Waals surface area contributed by atoms with E-state index in [2.05, 4.69) is 19.2 Å². The zero-order chi connectivity index (χ0) is 14.3. The predicted molar refractivity (Wildman–Crippen MR) is 78.8 cm³/mol. The molecule has 1 rings (SSSR count). The largest absolute Gasteiger partial charge is 0.497 e. The Morgan fingerprint density at radius 3 is 2.79 bits per heavy atom. The van der Waals surface area contributed by atoms with Gasteiger partial charge in [0.05, 0.1) is 18.9 Å². The lowest BCUT2D eigenvalue weighted by Crippen LogP contribution is -2.31. The second kappa shape index (κ2) is 8.05. The third-order valence-corrected chi connectivity index (χ3v) is 3.08. The van der Waals surface area contributed by atoms with Crippen LogP contribution < -0.4 is 10.1 Å². The molecular weight excluding hydrogens is 262 g/mol. The third kappa shape index (κ3) is 6.48. The fourth-order valence-electron chi connectivity index (χ4n) is 1.85. The van der Waals surface area contributed by atoms with E-state index in [0.29, 0.717) is 18.9 Å². The van der Waals surface area contributed by atoms with Gasteiger partial charge in [-0.05, 0) is 30.0 Å². The first kappa shape index (κ1) is 15.8. The van der Waals surface area contributed by atoms with E-state index in [0.717, 1.165) is 17.7 Å². The molecule has 0 bridgehead atoms. The van der Waals surface area contributed by atoms with Crippen molar-refractivity contribution in [3.05, 3.63) is 29.8 Å². The summed E-state index contributed by atoms with van der Waals surface area (Å²) in [5, 5.41) is 2.86. The molecule has 0 aliphatic rings. The first-order chi connectivity index (χ1) is 9.01. The number of ether oxygens (including phenoxy) is 1. The molecule has 0 saturated carbocycles. The van der Waals surface area contributed by atoms with Crippen molar-refractivity contribution in [1.82, 2.24) is 5.32 Å². The number of methoxy groups -OCH3 is 1. The van der Waals surface area contributed by atoms with Gasteiger partial charge in [0.15, 0.2) is 0 Å². The summed E-state index contributed by atoms with van der Waals surface area (Å²) in [5.41, 5.74) is 0.937.